The van der Waals surface area contributed by atoms with E-state index in [1.165, 1.54) is 24.3 Å². The quantitative estimate of drug-likeness (QED) is 0.411. The van der Waals surface area contributed by atoms with Crippen LogP contribution in [0.4, 0.5) is 5.69 Å². The summed E-state index contributed by atoms with van der Waals surface area (Å²) in [5.74, 6) is -0.0173. The van der Waals surface area contributed by atoms with E-state index in [1.54, 1.807) is 14.0 Å². The van der Waals surface area contributed by atoms with E-state index in [-0.39, 0.29) is 23.6 Å². The van der Waals surface area contributed by atoms with Crippen LogP contribution >= 0.6 is 0 Å². The van der Waals surface area contributed by atoms with Crippen LogP contribution in [0.15, 0.2) is 53.6 Å². The van der Waals surface area contributed by atoms with Crippen molar-refractivity contribution in [2.24, 2.45) is 5.10 Å². The summed E-state index contributed by atoms with van der Waals surface area (Å²) >= 11 is 0. The summed E-state index contributed by atoms with van der Waals surface area (Å²) in [4.78, 5) is 34.0. The van der Waals surface area contributed by atoms with Gasteiger partial charge in [-0.25, -0.2) is 5.43 Å². The first-order valence-corrected chi connectivity index (χ1v) is 8.36. The van der Waals surface area contributed by atoms with Crippen LogP contribution in [0, 0.1) is 10.1 Å². The van der Waals surface area contributed by atoms with Crippen molar-refractivity contribution in [1.29, 1.82) is 0 Å². The van der Waals surface area contributed by atoms with Gasteiger partial charge in [-0.2, -0.15) is 5.10 Å². The summed E-state index contributed by atoms with van der Waals surface area (Å²) in [5, 5.41) is 17.3. The molecule has 9 nitrogen and oxygen atoms in total. The summed E-state index contributed by atoms with van der Waals surface area (Å²) in [7, 11) is 1.58. The second kappa shape index (κ2) is 9.81. The van der Waals surface area contributed by atoms with Gasteiger partial charge >= 0.3 is 0 Å². The molecule has 0 saturated carbocycles. The van der Waals surface area contributed by atoms with Crippen LogP contribution < -0.4 is 15.5 Å². The Bertz CT molecular complexity index is 876. The van der Waals surface area contributed by atoms with Gasteiger partial charge in [0.15, 0.2) is 0 Å². The molecular weight excluding hydrogens is 364 g/mol. The molecule has 0 unspecified atom stereocenters. The van der Waals surface area contributed by atoms with Gasteiger partial charge in [-0.1, -0.05) is 12.1 Å². The van der Waals surface area contributed by atoms with Gasteiger partial charge in [0, 0.05) is 30.0 Å². The second-order valence-electron chi connectivity index (χ2n) is 5.89. The minimum Gasteiger partial charge on any atom is -0.497 e. The van der Waals surface area contributed by atoms with Gasteiger partial charge in [0.1, 0.15) is 5.75 Å². The molecule has 0 bridgehead atoms. The number of hydrazone groups is 1. The molecule has 9 heteroatoms. The Kier molecular flexibility index (Phi) is 7.21. The van der Waals surface area contributed by atoms with Crippen LogP contribution in [0.3, 0.4) is 0 Å². The number of nitro groups is 1. The van der Waals surface area contributed by atoms with E-state index in [9.17, 15) is 19.7 Å². The number of amides is 2. The van der Waals surface area contributed by atoms with Gasteiger partial charge in [-0.15, -0.1) is 0 Å². The van der Waals surface area contributed by atoms with Crippen molar-refractivity contribution in [3.05, 3.63) is 69.8 Å². The SMILES string of the molecule is COc1ccc(CNC(=O)CC(C)=NNC(=O)c2ccc([N+](=O)[O-])cc2)cc1. The molecule has 0 fully saturated rings. The third kappa shape index (κ3) is 6.20. The lowest BCUT2D eigenvalue weighted by atomic mass is 10.2. The van der Waals surface area contributed by atoms with Crippen LogP contribution in [0.2, 0.25) is 0 Å². The van der Waals surface area contributed by atoms with Gasteiger partial charge < -0.3 is 10.1 Å². The second-order valence-corrected chi connectivity index (χ2v) is 5.89. The standard InChI is InChI=1S/C19H20N4O5/c1-13(11-18(24)20-12-14-3-9-17(28-2)10-4-14)21-22-19(25)15-5-7-16(8-6-15)23(26)27/h3-10H,11-12H2,1-2H3,(H,20,24)(H,22,25). The molecule has 0 atom stereocenters. The Morgan fingerprint density at radius 1 is 1.11 bits per heavy atom. The van der Waals surface area contributed by atoms with Gasteiger partial charge in [0.2, 0.25) is 5.91 Å². The van der Waals surface area contributed by atoms with E-state index in [0.29, 0.717) is 12.3 Å². The van der Waals surface area contributed by atoms with E-state index >= 15 is 0 Å². The van der Waals surface area contributed by atoms with E-state index in [0.717, 1.165) is 11.3 Å². The largest absolute Gasteiger partial charge is 0.497 e. The maximum absolute atomic E-state index is 12.0. The molecule has 0 saturated heterocycles. The topological polar surface area (TPSA) is 123 Å². The number of nitrogens with zero attached hydrogens (tertiary/aromatic N) is 2. The first kappa shape index (κ1) is 20.6. The molecule has 0 aliphatic rings. The van der Waals surface area contributed by atoms with Gasteiger partial charge in [-0.3, -0.25) is 19.7 Å². The molecule has 0 spiro atoms. The highest BCUT2D eigenvalue weighted by Gasteiger charge is 2.09. The Morgan fingerprint density at radius 2 is 1.75 bits per heavy atom. The lowest BCUT2D eigenvalue weighted by molar-refractivity contribution is -0.384. The lowest BCUT2D eigenvalue weighted by Crippen LogP contribution is -2.26. The number of nitro benzene ring substituents is 1. The number of methoxy groups -OCH3 is 1. The highest BCUT2D eigenvalue weighted by atomic mass is 16.6. The molecule has 2 aromatic rings. The van der Waals surface area contributed by atoms with Gasteiger partial charge in [0.25, 0.3) is 11.6 Å². The first-order valence-electron chi connectivity index (χ1n) is 8.36. The Balaban J connectivity index is 1.81. The average molecular weight is 384 g/mol. The fourth-order valence-corrected chi connectivity index (χ4v) is 2.22. The Morgan fingerprint density at radius 3 is 2.32 bits per heavy atom. The minimum atomic E-state index is -0.547. The number of benzene rings is 2. The number of hydrogen-bond donors (Lipinski definition) is 2. The number of carbonyl (C=O) groups is 2. The smallest absolute Gasteiger partial charge is 0.271 e. The van der Waals surface area contributed by atoms with Crippen LogP contribution in [-0.2, 0) is 11.3 Å². The first-order chi connectivity index (χ1) is 13.4. The summed E-state index contributed by atoms with van der Waals surface area (Å²) in [6.45, 7) is 1.98. The fourth-order valence-electron chi connectivity index (χ4n) is 2.22. The number of nitrogens with one attached hydrogen (secondary N) is 2. The summed E-state index contributed by atoms with van der Waals surface area (Å²) in [6, 6.07) is 12.5. The zero-order valence-corrected chi connectivity index (χ0v) is 15.5. The van der Waals surface area contributed by atoms with E-state index < -0.39 is 10.8 Å². The van der Waals surface area contributed by atoms with Crippen molar-refractivity contribution < 1.29 is 19.2 Å². The molecule has 0 aliphatic carbocycles. The van der Waals surface area contributed by atoms with E-state index in [1.807, 2.05) is 24.3 Å². The normalized spacial score (nSPS) is 10.9. The number of carbonyl (C=O) groups excluding carboxylic acids is 2. The number of non-ortho nitro benzene ring substituents is 1. The molecule has 2 amide bonds. The van der Waals surface area contributed by atoms with Crippen molar-refractivity contribution in [3.8, 4) is 5.75 Å². The molecule has 0 aliphatic heterocycles. The van der Waals surface area contributed by atoms with Gasteiger partial charge in [0.05, 0.1) is 18.5 Å². The number of rotatable bonds is 8. The molecule has 2 rings (SSSR count). The van der Waals surface area contributed by atoms with Crippen molar-refractivity contribution in [1.82, 2.24) is 10.7 Å². The number of ether oxygens (including phenoxy) is 1. The van der Waals surface area contributed by atoms with Crippen molar-refractivity contribution in [2.45, 2.75) is 19.9 Å². The lowest BCUT2D eigenvalue weighted by Gasteiger charge is -2.07. The molecule has 0 radical (unpaired) electrons. The Labute approximate surface area is 161 Å². The van der Waals surface area contributed by atoms with Crippen LogP contribution in [-0.4, -0.2) is 29.6 Å². The molecule has 146 valence electrons. The summed E-state index contributed by atoms with van der Waals surface area (Å²) in [6.07, 6.45) is 0.0245. The van der Waals surface area contributed by atoms with E-state index in [2.05, 4.69) is 15.8 Å². The maximum atomic E-state index is 12.0. The molecule has 0 aromatic heterocycles. The predicted octanol–water partition coefficient (Wildman–Crippen LogP) is 2.42. The highest BCUT2D eigenvalue weighted by Crippen LogP contribution is 2.12. The monoisotopic (exact) mass is 384 g/mol. The zero-order valence-electron chi connectivity index (χ0n) is 15.5. The van der Waals surface area contributed by atoms with Crippen molar-refractivity contribution >= 4 is 23.2 Å². The van der Waals surface area contributed by atoms with Crippen molar-refractivity contribution in [2.75, 3.05) is 7.11 Å². The minimum absolute atomic E-state index is 0.0245. The zero-order chi connectivity index (χ0) is 20.5. The van der Waals surface area contributed by atoms with E-state index in [4.69, 9.17) is 4.74 Å². The van der Waals surface area contributed by atoms with Gasteiger partial charge in [-0.05, 0) is 36.8 Å². The predicted molar refractivity (Wildman–Crippen MR) is 103 cm³/mol. The maximum Gasteiger partial charge on any atom is 0.271 e. The molecular formula is C19H20N4O5. The summed E-state index contributed by atoms with van der Waals surface area (Å²) in [5.41, 5.74) is 3.79. The molecule has 0 heterocycles. The third-order valence-corrected chi connectivity index (χ3v) is 3.75. The average Bonchev–Trinajstić information content (AvgIpc) is 2.71. The van der Waals surface area contributed by atoms with Crippen molar-refractivity contribution in [3.63, 3.8) is 0 Å². The van der Waals surface area contributed by atoms with Crippen LogP contribution in [0.25, 0.3) is 0 Å². The van der Waals surface area contributed by atoms with Crippen LogP contribution in [0.1, 0.15) is 29.3 Å². The Hall–Kier alpha value is -3.75. The number of hydrogen-bond acceptors (Lipinski definition) is 6. The fraction of sp³-hybridized carbons (Fsp3) is 0.211. The molecule has 2 aromatic carbocycles. The summed E-state index contributed by atoms with van der Waals surface area (Å²) < 4.78 is 5.07. The molecule has 28 heavy (non-hydrogen) atoms. The molecule has 2 N–H and O–H groups in total. The highest BCUT2D eigenvalue weighted by molar-refractivity contribution is 6.01. The van der Waals surface area contributed by atoms with Crippen LogP contribution in [0.5, 0.6) is 5.75 Å². The third-order valence-electron chi connectivity index (χ3n) is 3.75.